The van der Waals surface area contributed by atoms with Gasteiger partial charge in [-0.15, -0.1) is 0 Å². The molecule has 0 saturated carbocycles. The summed E-state index contributed by atoms with van der Waals surface area (Å²) in [7, 11) is 0. The highest BCUT2D eigenvalue weighted by atomic mass is 79.9. The molecule has 0 fully saturated rings. The average Bonchev–Trinajstić information content (AvgIpc) is 2.81. The van der Waals surface area contributed by atoms with Crippen LogP contribution in [0.5, 0.6) is 11.5 Å². The molecule has 0 spiro atoms. The number of nitrogens with zero attached hydrogens (tertiary/aromatic N) is 3. The third kappa shape index (κ3) is 6.64. The molecule has 0 aromatic heterocycles. The van der Waals surface area contributed by atoms with Crippen LogP contribution in [0.15, 0.2) is 70.2 Å². The Kier molecular flexibility index (Phi) is 7.78. The third-order valence-corrected chi connectivity index (χ3v) is 4.69. The lowest BCUT2D eigenvalue weighted by Gasteiger charge is -2.07. The van der Waals surface area contributed by atoms with Crippen molar-refractivity contribution < 1.29 is 28.6 Å². The van der Waals surface area contributed by atoms with Crippen LogP contribution in [0, 0.1) is 26.0 Å². The molecular formula is C21H13BrFN5O7. The molecule has 178 valence electrons. The summed E-state index contributed by atoms with van der Waals surface area (Å²) in [6.07, 6.45) is 1.17. The van der Waals surface area contributed by atoms with E-state index in [0.717, 1.165) is 24.3 Å². The van der Waals surface area contributed by atoms with E-state index < -0.39 is 38.9 Å². The first kappa shape index (κ1) is 24.9. The smallest absolute Gasteiger partial charge is 0.329 e. The molecule has 14 heteroatoms. The van der Waals surface area contributed by atoms with E-state index in [2.05, 4.69) is 26.3 Å². The maximum absolute atomic E-state index is 13.8. The van der Waals surface area contributed by atoms with Gasteiger partial charge in [0.15, 0.2) is 0 Å². The van der Waals surface area contributed by atoms with Crippen LogP contribution in [0.4, 0.5) is 21.5 Å². The molecule has 35 heavy (non-hydrogen) atoms. The zero-order valence-electron chi connectivity index (χ0n) is 17.3. The van der Waals surface area contributed by atoms with Crippen molar-refractivity contribution in [3.8, 4) is 11.5 Å². The first-order valence-corrected chi connectivity index (χ1v) is 10.2. The van der Waals surface area contributed by atoms with Crippen LogP contribution in [0.1, 0.15) is 5.56 Å². The van der Waals surface area contributed by atoms with E-state index in [0.29, 0.717) is 10.0 Å². The number of anilines is 1. The number of nitro benzene ring substituents is 2. The number of ether oxygens (including phenoxy) is 1. The number of nitro groups is 2. The van der Waals surface area contributed by atoms with E-state index in [-0.39, 0.29) is 17.2 Å². The fourth-order valence-corrected chi connectivity index (χ4v) is 2.95. The second-order valence-electron chi connectivity index (χ2n) is 6.62. The lowest BCUT2D eigenvalue weighted by atomic mass is 10.2. The van der Waals surface area contributed by atoms with E-state index in [9.17, 15) is 34.2 Å². The van der Waals surface area contributed by atoms with Gasteiger partial charge in [0, 0.05) is 10.5 Å². The van der Waals surface area contributed by atoms with Crippen LogP contribution in [0.3, 0.4) is 0 Å². The molecule has 2 amide bonds. The molecule has 0 unspecified atom stereocenters. The minimum Gasteiger partial charge on any atom is -0.450 e. The highest BCUT2D eigenvalue weighted by molar-refractivity contribution is 9.10. The van der Waals surface area contributed by atoms with Crippen molar-refractivity contribution in [1.29, 1.82) is 0 Å². The molecule has 3 aromatic carbocycles. The fraction of sp³-hybridized carbons (Fsp3) is 0. The van der Waals surface area contributed by atoms with Crippen molar-refractivity contribution in [3.63, 3.8) is 0 Å². The summed E-state index contributed by atoms with van der Waals surface area (Å²) in [4.78, 5) is 44.3. The number of hydrazone groups is 1. The molecule has 3 rings (SSSR count). The number of nitrogens with one attached hydrogen (secondary N) is 2. The SMILES string of the molecule is O=C(N/N=C/c1cccc(Oc2ccc([N+](=O)[O-])cc2[N+](=O)[O-])c1)C(=O)Nc1ccc(Br)cc1F. The molecule has 12 nitrogen and oxygen atoms in total. The molecule has 0 aliphatic heterocycles. The lowest BCUT2D eigenvalue weighted by molar-refractivity contribution is -0.394. The van der Waals surface area contributed by atoms with Crippen LogP contribution < -0.4 is 15.5 Å². The van der Waals surface area contributed by atoms with Crippen LogP contribution in [-0.4, -0.2) is 27.9 Å². The van der Waals surface area contributed by atoms with Crippen molar-refractivity contribution in [2.75, 3.05) is 5.32 Å². The Hall–Kier alpha value is -4.72. The first-order chi connectivity index (χ1) is 16.6. The predicted molar refractivity (Wildman–Crippen MR) is 125 cm³/mol. The van der Waals surface area contributed by atoms with Gasteiger partial charge in [-0.2, -0.15) is 5.10 Å². The van der Waals surface area contributed by atoms with Crippen LogP contribution in [0.2, 0.25) is 0 Å². The highest BCUT2D eigenvalue weighted by Crippen LogP contribution is 2.34. The van der Waals surface area contributed by atoms with Gasteiger partial charge in [-0.3, -0.25) is 29.8 Å². The third-order valence-electron chi connectivity index (χ3n) is 4.20. The van der Waals surface area contributed by atoms with Crippen molar-refractivity contribution in [1.82, 2.24) is 5.43 Å². The molecule has 0 aliphatic carbocycles. The standard InChI is InChI=1S/C21H13BrFN5O7/c22-13-4-6-17(16(23)9-13)25-20(29)21(30)26-24-11-12-2-1-3-15(8-12)35-19-7-5-14(27(31)32)10-18(19)28(33)34/h1-11H,(H,25,29)(H,26,30)/b24-11+. The summed E-state index contributed by atoms with van der Waals surface area (Å²) in [6, 6.07) is 12.8. The molecular weight excluding hydrogens is 533 g/mol. The Balaban J connectivity index is 1.66. The van der Waals surface area contributed by atoms with Gasteiger partial charge in [0.2, 0.25) is 5.75 Å². The Morgan fingerprint density at radius 1 is 1.00 bits per heavy atom. The number of carbonyl (C=O) groups excluding carboxylic acids is 2. The summed E-state index contributed by atoms with van der Waals surface area (Å²) in [5, 5.41) is 27.9. The Bertz CT molecular complexity index is 1370. The van der Waals surface area contributed by atoms with E-state index >= 15 is 0 Å². The summed E-state index contributed by atoms with van der Waals surface area (Å²) in [6.45, 7) is 0. The van der Waals surface area contributed by atoms with Gasteiger partial charge in [-0.25, -0.2) is 9.82 Å². The molecule has 0 aliphatic rings. The zero-order valence-corrected chi connectivity index (χ0v) is 18.9. The molecule has 2 N–H and O–H groups in total. The molecule has 0 atom stereocenters. The average molecular weight is 546 g/mol. The zero-order chi connectivity index (χ0) is 25.5. The number of non-ortho nitro benzene ring substituents is 1. The minimum atomic E-state index is -1.16. The van der Waals surface area contributed by atoms with Crippen molar-refractivity contribution >= 4 is 51.0 Å². The minimum absolute atomic E-state index is 0.140. The van der Waals surface area contributed by atoms with Gasteiger partial charge in [0.25, 0.3) is 5.69 Å². The van der Waals surface area contributed by atoms with E-state index in [4.69, 9.17) is 4.74 Å². The number of amides is 2. The number of rotatable bonds is 7. The van der Waals surface area contributed by atoms with Gasteiger partial charge >= 0.3 is 17.5 Å². The summed E-state index contributed by atoms with van der Waals surface area (Å²) >= 11 is 3.07. The fourth-order valence-electron chi connectivity index (χ4n) is 2.62. The lowest BCUT2D eigenvalue weighted by Crippen LogP contribution is -2.32. The largest absolute Gasteiger partial charge is 0.450 e. The van der Waals surface area contributed by atoms with E-state index in [1.165, 1.54) is 36.5 Å². The molecule has 0 heterocycles. The Labute approximate surface area is 203 Å². The molecule has 0 radical (unpaired) electrons. The number of benzene rings is 3. The Morgan fingerprint density at radius 3 is 2.46 bits per heavy atom. The summed E-state index contributed by atoms with van der Waals surface area (Å²) < 4.78 is 19.7. The number of hydrogen-bond donors (Lipinski definition) is 2. The first-order valence-electron chi connectivity index (χ1n) is 9.44. The molecule has 3 aromatic rings. The topological polar surface area (TPSA) is 166 Å². The van der Waals surface area contributed by atoms with Gasteiger partial charge in [-0.05, 0) is 42.0 Å². The van der Waals surface area contributed by atoms with Crippen molar-refractivity contribution in [2.24, 2.45) is 5.10 Å². The van der Waals surface area contributed by atoms with Crippen LogP contribution >= 0.6 is 15.9 Å². The quantitative estimate of drug-likeness (QED) is 0.193. The van der Waals surface area contributed by atoms with Gasteiger partial charge in [-0.1, -0.05) is 28.1 Å². The van der Waals surface area contributed by atoms with Crippen molar-refractivity contribution in [3.05, 3.63) is 96.7 Å². The number of carbonyl (C=O) groups is 2. The number of hydrogen-bond acceptors (Lipinski definition) is 8. The highest BCUT2D eigenvalue weighted by Gasteiger charge is 2.21. The second kappa shape index (κ2) is 10.9. The predicted octanol–water partition coefficient (Wildman–Crippen LogP) is 4.29. The Morgan fingerprint density at radius 2 is 1.77 bits per heavy atom. The van der Waals surface area contributed by atoms with Crippen LogP contribution in [-0.2, 0) is 9.59 Å². The molecule has 0 bridgehead atoms. The van der Waals surface area contributed by atoms with Gasteiger partial charge in [0.05, 0.1) is 27.8 Å². The van der Waals surface area contributed by atoms with Gasteiger partial charge < -0.3 is 10.1 Å². The second-order valence-corrected chi connectivity index (χ2v) is 7.53. The van der Waals surface area contributed by atoms with Crippen LogP contribution in [0.25, 0.3) is 0 Å². The summed E-state index contributed by atoms with van der Waals surface area (Å²) in [5.41, 5.74) is 1.11. The maximum atomic E-state index is 13.8. The number of halogens is 2. The normalized spacial score (nSPS) is 10.6. The maximum Gasteiger partial charge on any atom is 0.329 e. The monoisotopic (exact) mass is 545 g/mol. The molecule has 0 saturated heterocycles. The van der Waals surface area contributed by atoms with E-state index in [1.54, 1.807) is 6.07 Å². The van der Waals surface area contributed by atoms with Gasteiger partial charge in [0.1, 0.15) is 11.6 Å². The summed E-state index contributed by atoms with van der Waals surface area (Å²) in [5.74, 6) is -3.13. The van der Waals surface area contributed by atoms with Crippen molar-refractivity contribution in [2.45, 2.75) is 0 Å². The van der Waals surface area contributed by atoms with E-state index in [1.807, 2.05) is 5.43 Å².